The van der Waals surface area contributed by atoms with E-state index in [1.807, 2.05) is 37.4 Å². The number of ether oxygens (including phenoxy) is 2. The van der Waals surface area contributed by atoms with Crippen LogP contribution in [0.2, 0.25) is 0 Å². The molecule has 7 atom stereocenters. The minimum absolute atomic E-state index is 0.0285. The Kier molecular flexibility index (Phi) is 13.2. The van der Waals surface area contributed by atoms with Crippen LogP contribution in [0.4, 0.5) is 9.93 Å². The highest BCUT2D eigenvalue weighted by Crippen LogP contribution is 2.46. The van der Waals surface area contributed by atoms with Crippen LogP contribution in [-0.4, -0.2) is 114 Å². The minimum Gasteiger partial charge on any atom is -0.497 e. The van der Waals surface area contributed by atoms with E-state index in [9.17, 15) is 28.5 Å². The number of carboxylic acids is 1. The number of aromatic nitrogens is 2. The van der Waals surface area contributed by atoms with Crippen molar-refractivity contribution in [2.75, 3.05) is 25.5 Å². The highest BCUT2D eigenvalue weighted by Gasteiger charge is 2.61. The molecule has 2 unspecified atom stereocenters. The van der Waals surface area contributed by atoms with E-state index in [2.05, 4.69) is 21.3 Å². The van der Waals surface area contributed by atoms with E-state index >= 15 is 4.79 Å². The first-order chi connectivity index (χ1) is 32.3. The fourth-order valence-electron chi connectivity index (χ4n) is 9.54. The van der Waals surface area contributed by atoms with Crippen LogP contribution in [0, 0.1) is 11.8 Å². The van der Waals surface area contributed by atoms with E-state index in [-0.39, 0.29) is 50.2 Å². The molecule has 5 heterocycles. The summed E-state index contributed by atoms with van der Waals surface area (Å²) in [6.07, 6.45) is 9.00. The summed E-state index contributed by atoms with van der Waals surface area (Å²) in [7, 11) is -0.159. The van der Waals surface area contributed by atoms with Crippen molar-refractivity contribution in [1.82, 2.24) is 35.1 Å². The monoisotopic (exact) mass is 952 g/mol. The molecule has 17 nitrogen and oxygen atoms in total. The fourth-order valence-corrected chi connectivity index (χ4v) is 11.7. The van der Waals surface area contributed by atoms with Gasteiger partial charge in [0.25, 0.3) is 5.91 Å². The number of hydrogen-bond donors (Lipinski definition) is 5. The van der Waals surface area contributed by atoms with Crippen molar-refractivity contribution in [3.05, 3.63) is 71.6 Å². The molecule has 9 rings (SSSR count). The van der Waals surface area contributed by atoms with Gasteiger partial charge in [-0.25, -0.2) is 23.8 Å². The molecular formula is C48H56N8O9S2. The Morgan fingerprint density at radius 3 is 2.60 bits per heavy atom. The topological polar surface area (TPSA) is 221 Å². The Bertz CT molecular complexity index is 2600. The Morgan fingerprint density at radius 1 is 1.03 bits per heavy atom. The van der Waals surface area contributed by atoms with Gasteiger partial charge in [-0.1, -0.05) is 43.5 Å². The summed E-state index contributed by atoms with van der Waals surface area (Å²) in [5.74, 6) is -1.97. The summed E-state index contributed by atoms with van der Waals surface area (Å²) in [6.45, 7) is 4.04. The van der Waals surface area contributed by atoms with Crippen molar-refractivity contribution < 1.29 is 42.8 Å². The molecule has 2 aliphatic carbocycles. The average molecular weight is 953 g/mol. The number of fused-ring (bicyclic) bond motifs is 4. The summed E-state index contributed by atoms with van der Waals surface area (Å²) in [4.78, 5) is 81.3. The number of nitrogens with one attached hydrogen (secondary N) is 4. The number of pyridine rings is 1. The summed E-state index contributed by atoms with van der Waals surface area (Å²) in [5.41, 5.74) is 0.611. The Morgan fingerprint density at radius 2 is 1.85 bits per heavy atom. The lowest BCUT2D eigenvalue weighted by atomic mass is 9.79. The zero-order valence-electron chi connectivity index (χ0n) is 37.7. The van der Waals surface area contributed by atoms with E-state index < -0.39 is 70.5 Å². The lowest BCUT2D eigenvalue weighted by molar-refractivity contribution is -0.145. The number of carbonyl (C=O) groups excluding carboxylic acids is 4. The Labute approximate surface area is 395 Å². The average Bonchev–Trinajstić information content (AvgIpc) is 3.51. The van der Waals surface area contributed by atoms with Gasteiger partial charge in [0.2, 0.25) is 11.8 Å². The first kappa shape index (κ1) is 46.0. The lowest BCUT2D eigenvalue weighted by Gasteiger charge is -2.36. The number of amides is 5. The highest BCUT2D eigenvalue weighted by molar-refractivity contribution is 7.84. The molecule has 0 radical (unpaired) electrons. The zero-order chi connectivity index (χ0) is 47.0. The van der Waals surface area contributed by atoms with Crippen LogP contribution in [0.25, 0.3) is 22.3 Å². The van der Waals surface area contributed by atoms with E-state index in [0.717, 1.165) is 37.2 Å². The predicted molar refractivity (Wildman–Crippen MR) is 252 cm³/mol. The molecule has 0 bridgehead atoms. The number of urea groups is 1. The molecule has 2 aromatic carbocycles. The van der Waals surface area contributed by atoms with Gasteiger partial charge in [-0.3, -0.25) is 18.7 Å². The number of methoxy groups -OCH3 is 1. The number of carbonyl (C=O) groups is 5. The van der Waals surface area contributed by atoms with E-state index in [4.69, 9.17) is 19.4 Å². The van der Waals surface area contributed by atoms with Crippen molar-refractivity contribution in [3.63, 3.8) is 0 Å². The number of benzene rings is 2. The van der Waals surface area contributed by atoms with Gasteiger partial charge in [0.1, 0.15) is 40.9 Å². The summed E-state index contributed by atoms with van der Waals surface area (Å²) in [5, 5.41) is 25.8. The molecular weight excluding hydrogens is 897 g/mol. The molecule has 4 aromatic rings. The first-order valence-electron chi connectivity index (χ1n) is 23.1. The van der Waals surface area contributed by atoms with Crippen LogP contribution < -0.4 is 30.7 Å². The molecule has 3 aliphatic heterocycles. The van der Waals surface area contributed by atoms with Crippen molar-refractivity contribution in [2.24, 2.45) is 11.8 Å². The second-order valence-electron chi connectivity index (χ2n) is 18.4. The molecule has 0 spiro atoms. The summed E-state index contributed by atoms with van der Waals surface area (Å²) >= 11 is 1.45. The number of thiazole rings is 1. The first-order valence-corrected chi connectivity index (χ1v) is 25.1. The van der Waals surface area contributed by atoms with Crippen LogP contribution in [0.1, 0.15) is 88.4 Å². The molecule has 5 amide bonds. The van der Waals surface area contributed by atoms with Crippen LogP contribution in [0.15, 0.2) is 71.0 Å². The van der Waals surface area contributed by atoms with E-state index in [1.54, 1.807) is 49.6 Å². The zero-order valence-corrected chi connectivity index (χ0v) is 39.3. The Balaban J connectivity index is 0.996. The normalized spacial score (nSPS) is 26.3. The number of anilines is 1. The number of allylic oxidation sites excluding steroid dienone is 1. The van der Waals surface area contributed by atoms with E-state index in [0.29, 0.717) is 57.1 Å². The van der Waals surface area contributed by atoms with Gasteiger partial charge in [0.05, 0.1) is 47.9 Å². The van der Waals surface area contributed by atoms with Crippen molar-refractivity contribution in [1.29, 1.82) is 0 Å². The van der Waals surface area contributed by atoms with Crippen molar-refractivity contribution in [2.45, 2.75) is 119 Å². The molecule has 1 saturated heterocycles. The van der Waals surface area contributed by atoms with Gasteiger partial charge in [-0.15, -0.1) is 11.3 Å². The lowest BCUT2D eigenvalue weighted by Crippen LogP contribution is -2.59. The molecule has 354 valence electrons. The van der Waals surface area contributed by atoms with Crippen LogP contribution in [0.5, 0.6) is 11.5 Å². The van der Waals surface area contributed by atoms with Gasteiger partial charge < -0.3 is 40.7 Å². The maximum atomic E-state index is 15.0. The second-order valence-corrected chi connectivity index (χ2v) is 20.7. The third-order valence-corrected chi connectivity index (χ3v) is 15.7. The second kappa shape index (κ2) is 19.3. The molecule has 2 aromatic heterocycles. The maximum Gasteiger partial charge on any atom is 0.330 e. The molecule has 67 heavy (non-hydrogen) atoms. The van der Waals surface area contributed by atoms with Gasteiger partial charge in [0.15, 0.2) is 16.1 Å². The number of hydrogen-bond acceptors (Lipinski definition) is 12. The van der Waals surface area contributed by atoms with Gasteiger partial charge in [0, 0.05) is 41.3 Å². The quantitative estimate of drug-likeness (QED) is 0.103. The maximum absolute atomic E-state index is 15.0. The standard InChI is InChI=1S/C48H56N8O9S2/c1-27(2)49-47-53-38(26-66-47)36-22-40(32-19-18-30(64-3)20-35(32)50-36)65-31-21-39-42(57)54-48(45(60)61)23-29(48)14-7-5-4-6-8-16-34(44(59)55(39)24-31)51-46(62)52-37(28-12-11-13-28)25-56-43(58)33-15-9-10-17-41(33)67(56)63/h7,9-10,14-15,17-20,22,26-29,31,34,37,39H,4-6,8,11-13,16,21,23-25H2,1-3H3,(H,49,53)(H,54,57)(H,60,61)(H2,51,52,62)/b14-7-/t29?,31-,34+,37-,39+,48-,67?/m1/s1. The molecule has 5 N–H and O–H groups in total. The smallest absolute Gasteiger partial charge is 0.330 e. The predicted octanol–water partition coefficient (Wildman–Crippen LogP) is 6.03. The van der Waals surface area contributed by atoms with E-state index in [1.165, 1.54) is 20.5 Å². The molecule has 19 heteroatoms. The number of rotatable bonds is 12. The van der Waals surface area contributed by atoms with Crippen LogP contribution in [-0.2, 0) is 25.4 Å². The van der Waals surface area contributed by atoms with Crippen molar-refractivity contribution in [3.8, 4) is 22.9 Å². The Hall–Kier alpha value is -6.08. The van der Waals surface area contributed by atoms with Gasteiger partial charge >= 0.3 is 12.0 Å². The molecule has 3 fully saturated rings. The summed E-state index contributed by atoms with van der Waals surface area (Å²) in [6, 6.07) is 10.8. The number of nitrogens with zero attached hydrogens (tertiary/aromatic N) is 4. The van der Waals surface area contributed by atoms with Crippen molar-refractivity contribution >= 4 is 68.1 Å². The molecule has 2 saturated carbocycles. The third kappa shape index (κ3) is 9.57. The largest absolute Gasteiger partial charge is 0.497 e. The van der Waals surface area contributed by atoms with Gasteiger partial charge in [-0.2, -0.15) is 0 Å². The van der Waals surface area contributed by atoms with Crippen LogP contribution in [0.3, 0.4) is 0 Å². The SMILES string of the molecule is COc1ccc2c(O[C@@H]3C[C@H]4C(=O)N[C@]5(C(=O)O)CC5/C=C\CCCCC[C@H](NC(=O)N[C@H](CN5C(=O)c6ccccc6S5=O)C5CCC5)C(=O)N4C3)cc(-c3csc(NC(C)C)n3)nc2c1. The highest BCUT2D eigenvalue weighted by atomic mass is 32.2. The number of aliphatic carboxylic acids is 1. The number of carboxylic acid groups (broad SMARTS) is 1. The fraction of sp³-hybridized carbons (Fsp3) is 0.479. The van der Waals surface area contributed by atoms with Crippen LogP contribution >= 0.6 is 11.3 Å². The van der Waals surface area contributed by atoms with Gasteiger partial charge in [-0.05, 0) is 82.6 Å². The minimum atomic E-state index is -1.73. The summed E-state index contributed by atoms with van der Waals surface area (Å²) < 4.78 is 27.1. The third-order valence-electron chi connectivity index (χ3n) is 13.5. The molecule has 5 aliphatic rings.